The minimum absolute atomic E-state index is 0.180. The first kappa shape index (κ1) is 22.7. The van der Waals surface area contributed by atoms with Crippen molar-refractivity contribution in [1.29, 1.82) is 0 Å². The fraction of sp³-hybridized carbons (Fsp3) is 0.429. The van der Waals surface area contributed by atoms with Gasteiger partial charge in [-0.15, -0.1) is 0 Å². The van der Waals surface area contributed by atoms with Gasteiger partial charge in [0.15, 0.2) is 0 Å². The first-order valence-corrected chi connectivity index (χ1v) is 11.6. The zero-order valence-electron chi connectivity index (χ0n) is 17.7. The summed E-state index contributed by atoms with van der Waals surface area (Å²) in [6.45, 7) is 9.45. The molecule has 162 valence electrons. The number of piperazine rings is 1. The third-order valence-electron chi connectivity index (χ3n) is 5.59. The SMILES string of the molecule is Cc1cc(C)c(C)c(S(=O)(=O)N2CCN(CC(=O)Nc3ccc(Cl)cn3)CC2)c1C. The molecular weight excluding hydrogens is 424 g/mol. The van der Waals surface area contributed by atoms with E-state index < -0.39 is 10.0 Å². The van der Waals surface area contributed by atoms with Crippen LogP contribution in [0.3, 0.4) is 0 Å². The number of aromatic nitrogens is 1. The summed E-state index contributed by atoms with van der Waals surface area (Å²) >= 11 is 5.80. The van der Waals surface area contributed by atoms with Crippen molar-refractivity contribution in [2.75, 3.05) is 38.0 Å². The fourth-order valence-electron chi connectivity index (χ4n) is 3.66. The zero-order valence-corrected chi connectivity index (χ0v) is 19.3. The van der Waals surface area contributed by atoms with Gasteiger partial charge in [0.2, 0.25) is 15.9 Å². The Balaban J connectivity index is 1.64. The number of benzene rings is 1. The normalized spacial score (nSPS) is 15.9. The maximum absolute atomic E-state index is 13.3. The average molecular weight is 451 g/mol. The van der Waals surface area contributed by atoms with E-state index >= 15 is 0 Å². The van der Waals surface area contributed by atoms with E-state index in [1.165, 1.54) is 10.5 Å². The van der Waals surface area contributed by atoms with Crippen molar-refractivity contribution in [1.82, 2.24) is 14.2 Å². The van der Waals surface area contributed by atoms with Gasteiger partial charge in [-0.2, -0.15) is 4.31 Å². The molecule has 1 aromatic heterocycles. The van der Waals surface area contributed by atoms with Crippen molar-refractivity contribution in [3.05, 3.63) is 51.7 Å². The van der Waals surface area contributed by atoms with Gasteiger partial charge in [-0.25, -0.2) is 13.4 Å². The Labute approximate surface area is 183 Å². The van der Waals surface area contributed by atoms with Gasteiger partial charge in [0, 0.05) is 32.4 Å². The lowest BCUT2D eigenvalue weighted by atomic mass is 10.0. The summed E-state index contributed by atoms with van der Waals surface area (Å²) < 4.78 is 28.2. The van der Waals surface area contributed by atoms with Crippen LogP contribution in [0, 0.1) is 27.7 Å². The van der Waals surface area contributed by atoms with Gasteiger partial charge in [0.25, 0.3) is 0 Å². The molecule has 2 aromatic rings. The van der Waals surface area contributed by atoms with Crippen molar-refractivity contribution in [3.63, 3.8) is 0 Å². The number of carbonyl (C=O) groups is 1. The zero-order chi connectivity index (χ0) is 22.1. The molecule has 1 aromatic carbocycles. The molecule has 0 radical (unpaired) electrons. The number of carbonyl (C=O) groups excluding carboxylic acids is 1. The summed E-state index contributed by atoms with van der Waals surface area (Å²) in [7, 11) is -3.59. The number of nitrogens with one attached hydrogen (secondary N) is 1. The molecule has 9 heteroatoms. The van der Waals surface area contributed by atoms with E-state index in [0.29, 0.717) is 41.9 Å². The van der Waals surface area contributed by atoms with Crippen LogP contribution < -0.4 is 5.32 Å². The van der Waals surface area contributed by atoms with Crippen molar-refractivity contribution < 1.29 is 13.2 Å². The quantitative estimate of drug-likeness (QED) is 0.757. The Morgan fingerprint density at radius 3 is 2.20 bits per heavy atom. The van der Waals surface area contributed by atoms with Gasteiger partial charge in [0.1, 0.15) is 5.82 Å². The van der Waals surface area contributed by atoms with Crippen LogP contribution >= 0.6 is 11.6 Å². The number of hydrogen-bond donors (Lipinski definition) is 1. The highest BCUT2D eigenvalue weighted by molar-refractivity contribution is 7.89. The standard InChI is InChI=1S/C21H27ClN4O3S/c1-14-11-15(2)17(4)21(16(14)3)30(28,29)26-9-7-25(8-10-26)13-20(27)24-19-6-5-18(22)12-23-19/h5-6,11-12H,7-10,13H2,1-4H3,(H,23,24,27). The molecule has 1 aliphatic heterocycles. The van der Waals surface area contributed by atoms with E-state index in [4.69, 9.17) is 11.6 Å². The van der Waals surface area contributed by atoms with E-state index in [1.54, 1.807) is 12.1 Å². The Bertz CT molecular complexity index is 1020. The van der Waals surface area contributed by atoms with Crippen molar-refractivity contribution in [3.8, 4) is 0 Å². The van der Waals surface area contributed by atoms with Gasteiger partial charge < -0.3 is 5.32 Å². The monoisotopic (exact) mass is 450 g/mol. The van der Waals surface area contributed by atoms with E-state index in [9.17, 15) is 13.2 Å². The van der Waals surface area contributed by atoms with Gasteiger partial charge in [0.05, 0.1) is 16.5 Å². The van der Waals surface area contributed by atoms with Crippen LogP contribution in [0.1, 0.15) is 22.3 Å². The van der Waals surface area contributed by atoms with Crippen LogP contribution in [0.5, 0.6) is 0 Å². The van der Waals surface area contributed by atoms with Crippen LogP contribution in [0.15, 0.2) is 29.3 Å². The summed E-state index contributed by atoms with van der Waals surface area (Å²) in [5.41, 5.74) is 3.55. The van der Waals surface area contributed by atoms with Crippen LogP contribution in [0.2, 0.25) is 5.02 Å². The maximum atomic E-state index is 13.3. The van der Waals surface area contributed by atoms with E-state index in [-0.39, 0.29) is 12.5 Å². The molecule has 1 aliphatic rings. The Morgan fingerprint density at radius 2 is 1.67 bits per heavy atom. The van der Waals surface area contributed by atoms with Crippen LogP contribution in [0.25, 0.3) is 0 Å². The third kappa shape index (κ3) is 4.83. The van der Waals surface area contributed by atoms with E-state index in [0.717, 1.165) is 22.3 Å². The minimum Gasteiger partial charge on any atom is -0.310 e. The number of pyridine rings is 1. The lowest BCUT2D eigenvalue weighted by Gasteiger charge is -2.34. The molecule has 7 nitrogen and oxygen atoms in total. The molecule has 1 saturated heterocycles. The first-order valence-electron chi connectivity index (χ1n) is 9.81. The molecular formula is C21H27ClN4O3S. The van der Waals surface area contributed by atoms with Crippen molar-refractivity contribution in [2.24, 2.45) is 0 Å². The molecule has 2 heterocycles. The lowest BCUT2D eigenvalue weighted by molar-refractivity contribution is -0.117. The van der Waals surface area contributed by atoms with Crippen LogP contribution in [0.4, 0.5) is 5.82 Å². The number of hydrogen-bond acceptors (Lipinski definition) is 5. The molecule has 0 bridgehead atoms. The topological polar surface area (TPSA) is 82.6 Å². The first-order chi connectivity index (χ1) is 14.1. The summed E-state index contributed by atoms with van der Waals surface area (Å²) in [4.78, 5) is 18.7. The number of amides is 1. The molecule has 1 fully saturated rings. The molecule has 0 atom stereocenters. The lowest BCUT2D eigenvalue weighted by Crippen LogP contribution is -2.50. The van der Waals surface area contributed by atoms with Crippen molar-refractivity contribution >= 4 is 33.3 Å². The summed E-state index contributed by atoms with van der Waals surface area (Å²) in [6.07, 6.45) is 1.47. The number of anilines is 1. The maximum Gasteiger partial charge on any atom is 0.243 e. The van der Waals surface area contributed by atoms with Gasteiger partial charge >= 0.3 is 0 Å². The highest BCUT2D eigenvalue weighted by Gasteiger charge is 2.32. The average Bonchev–Trinajstić information content (AvgIpc) is 2.68. The smallest absolute Gasteiger partial charge is 0.243 e. The summed E-state index contributed by atoms with van der Waals surface area (Å²) in [6, 6.07) is 5.32. The molecule has 0 saturated carbocycles. The highest BCUT2D eigenvalue weighted by atomic mass is 35.5. The molecule has 1 amide bonds. The van der Waals surface area contributed by atoms with E-state index in [1.807, 2.05) is 38.7 Å². The Kier molecular flexibility index (Phi) is 6.81. The van der Waals surface area contributed by atoms with Gasteiger partial charge in [-0.1, -0.05) is 17.7 Å². The Hall–Kier alpha value is -2.00. The molecule has 30 heavy (non-hydrogen) atoms. The Morgan fingerprint density at radius 1 is 1.07 bits per heavy atom. The van der Waals surface area contributed by atoms with Crippen LogP contribution in [-0.2, 0) is 14.8 Å². The third-order valence-corrected chi connectivity index (χ3v) is 7.99. The minimum atomic E-state index is -3.59. The number of rotatable bonds is 5. The van der Waals surface area contributed by atoms with E-state index in [2.05, 4.69) is 10.3 Å². The number of halogens is 1. The summed E-state index contributed by atoms with van der Waals surface area (Å²) in [5.74, 6) is 0.244. The largest absolute Gasteiger partial charge is 0.310 e. The molecule has 3 rings (SSSR count). The second kappa shape index (κ2) is 9.01. The van der Waals surface area contributed by atoms with Gasteiger partial charge in [-0.3, -0.25) is 9.69 Å². The number of sulfonamides is 1. The number of aryl methyl sites for hydroxylation is 2. The predicted molar refractivity (Wildman–Crippen MR) is 118 cm³/mol. The van der Waals surface area contributed by atoms with Crippen molar-refractivity contribution in [2.45, 2.75) is 32.6 Å². The second-order valence-corrected chi connectivity index (χ2v) is 9.99. The molecule has 0 unspecified atom stereocenters. The number of nitrogens with zero attached hydrogens (tertiary/aromatic N) is 3. The molecule has 1 N–H and O–H groups in total. The summed E-state index contributed by atoms with van der Waals surface area (Å²) in [5, 5.41) is 3.23. The predicted octanol–water partition coefficient (Wildman–Crippen LogP) is 2.91. The molecule has 0 aliphatic carbocycles. The van der Waals surface area contributed by atoms with Crippen LogP contribution in [-0.4, -0.2) is 61.2 Å². The fourth-order valence-corrected chi connectivity index (χ4v) is 5.77. The van der Waals surface area contributed by atoms with Gasteiger partial charge in [-0.05, 0) is 62.1 Å². The highest BCUT2D eigenvalue weighted by Crippen LogP contribution is 2.29. The molecule has 0 spiro atoms. The second-order valence-electron chi connectivity index (χ2n) is 7.68.